The Labute approximate surface area is 138 Å². The van der Waals surface area contributed by atoms with Gasteiger partial charge in [-0.3, -0.25) is 10.1 Å². The first-order chi connectivity index (χ1) is 10.7. The molecule has 1 aliphatic rings. The molecule has 0 fully saturated rings. The molecular weight excluding hydrogens is 310 g/mol. The van der Waals surface area contributed by atoms with E-state index in [9.17, 15) is 9.59 Å². The highest BCUT2D eigenvalue weighted by atomic mass is 32.1. The monoisotopic (exact) mass is 329 g/mol. The van der Waals surface area contributed by atoms with Gasteiger partial charge in [0.15, 0.2) is 0 Å². The quantitative estimate of drug-likeness (QED) is 0.787. The molecule has 2 aromatic rings. The summed E-state index contributed by atoms with van der Waals surface area (Å²) >= 11 is 1.35. The van der Waals surface area contributed by atoms with Crippen LogP contribution in [0.2, 0.25) is 0 Å². The van der Waals surface area contributed by atoms with Gasteiger partial charge < -0.3 is 11.5 Å². The molecule has 1 heterocycles. The molecule has 0 spiro atoms. The van der Waals surface area contributed by atoms with Crippen molar-refractivity contribution in [2.75, 3.05) is 5.32 Å². The van der Waals surface area contributed by atoms with E-state index < -0.39 is 11.9 Å². The van der Waals surface area contributed by atoms with Gasteiger partial charge >= 0.3 is 6.03 Å². The van der Waals surface area contributed by atoms with Crippen LogP contribution in [0.25, 0.3) is 10.4 Å². The zero-order valence-electron chi connectivity index (χ0n) is 13.3. The van der Waals surface area contributed by atoms with Gasteiger partial charge in [0.1, 0.15) is 5.00 Å². The Kier molecular flexibility index (Phi) is 3.44. The average Bonchev–Trinajstić information content (AvgIpc) is 2.84. The Hall–Kier alpha value is -2.34. The van der Waals surface area contributed by atoms with E-state index >= 15 is 0 Å². The van der Waals surface area contributed by atoms with Gasteiger partial charge in [0.05, 0.1) is 5.56 Å². The van der Waals surface area contributed by atoms with E-state index in [1.165, 1.54) is 16.9 Å². The van der Waals surface area contributed by atoms with Gasteiger partial charge in [-0.1, -0.05) is 45.0 Å². The van der Waals surface area contributed by atoms with Gasteiger partial charge in [-0.25, -0.2) is 4.79 Å². The number of carbonyl (C=O) groups is 2. The van der Waals surface area contributed by atoms with Crippen molar-refractivity contribution >= 4 is 28.3 Å². The Morgan fingerprint density at radius 2 is 1.87 bits per heavy atom. The van der Waals surface area contributed by atoms with Crippen LogP contribution in [0.4, 0.5) is 9.80 Å². The Bertz CT molecular complexity index is 823. The van der Waals surface area contributed by atoms with Crippen LogP contribution in [0, 0.1) is 0 Å². The van der Waals surface area contributed by atoms with E-state index in [-0.39, 0.29) is 11.3 Å². The molecule has 0 radical (unpaired) electrons. The highest BCUT2D eigenvalue weighted by Gasteiger charge is 2.41. The maximum atomic E-state index is 12.0. The maximum absolute atomic E-state index is 12.0. The average molecular weight is 329 g/mol. The van der Waals surface area contributed by atoms with Crippen LogP contribution < -0.4 is 16.8 Å². The molecule has 3 rings (SSSR count). The third-order valence-electron chi connectivity index (χ3n) is 4.81. The summed E-state index contributed by atoms with van der Waals surface area (Å²) in [6, 6.07) is 7.44. The van der Waals surface area contributed by atoms with E-state index in [2.05, 4.69) is 32.2 Å². The lowest BCUT2D eigenvalue weighted by Gasteiger charge is -2.39. The largest absolute Gasteiger partial charge is 0.365 e. The first kappa shape index (κ1) is 15.6. The third-order valence-corrected chi connectivity index (χ3v) is 5.96. The van der Waals surface area contributed by atoms with E-state index in [0.717, 1.165) is 16.0 Å². The SMILES string of the molecule is CC1c2c(sc(NC(N)=O)c2C(N)=O)-c2ccccc2C1(C)C. The second-order valence-electron chi connectivity index (χ2n) is 6.39. The van der Waals surface area contributed by atoms with Gasteiger partial charge in [-0.15, -0.1) is 11.3 Å². The molecule has 1 aromatic heterocycles. The van der Waals surface area contributed by atoms with Crippen molar-refractivity contribution in [1.82, 2.24) is 0 Å². The Morgan fingerprint density at radius 3 is 2.48 bits per heavy atom. The molecule has 5 N–H and O–H groups in total. The number of nitrogens with two attached hydrogens (primary N) is 2. The summed E-state index contributed by atoms with van der Waals surface area (Å²) in [6.45, 7) is 6.40. The number of primary amides is 2. The van der Waals surface area contributed by atoms with Crippen LogP contribution in [0.15, 0.2) is 24.3 Å². The summed E-state index contributed by atoms with van der Waals surface area (Å²) in [5.41, 5.74) is 14.3. The molecule has 1 aliphatic carbocycles. The van der Waals surface area contributed by atoms with Crippen LogP contribution in [0.3, 0.4) is 0 Å². The fourth-order valence-corrected chi connectivity index (χ4v) is 4.68. The second kappa shape index (κ2) is 5.09. The first-order valence-electron chi connectivity index (χ1n) is 7.38. The summed E-state index contributed by atoms with van der Waals surface area (Å²) in [4.78, 5) is 24.3. The van der Waals surface area contributed by atoms with Gasteiger partial charge in [0.25, 0.3) is 5.91 Å². The lowest BCUT2D eigenvalue weighted by molar-refractivity contribution is 0.1000. The summed E-state index contributed by atoms with van der Waals surface area (Å²) in [5, 5.41) is 2.97. The molecular formula is C17H19N3O2S. The molecule has 1 aromatic carbocycles. The summed E-state index contributed by atoms with van der Waals surface area (Å²) in [6.07, 6.45) is 0. The van der Waals surface area contributed by atoms with Crippen molar-refractivity contribution in [3.05, 3.63) is 41.0 Å². The smallest absolute Gasteiger partial charge is 0.317 e. The number of fused-ring (bicyclic) bond motifs is 3. The topological polar surface area (TPSA) is 98.2 Å². The molecule has 0 saturated heterocycles. The zero-order valence-corrected chi connectivity index (χ0v) is 14.1. The van der Waals surface area contributed by atoms with Crippen molar-refractivity contribution in [3.8, 4) is 10.4 Å². The summed E-state index contributed by atoms with van der Waals surface area (Å²) in [5.74, 6) is -0.470. The lowest BCUT2D eigenvalue weighted by atomic mass is 9.65. The molecule has 6 heteroatoms. The number of hydrogen-bond donors (Lipinski definition) is 3. The highest BCUT2D eigenvalue weighted by molar-refractivity contribution is 7.20. The van der Waals surface area contributed by atoms with E-state index in [0.29, 0.717) is 10.6 Å². The van der Waals surface area contributed by atoms with Crippen molar-refractivity contribution in [2.45, 2.75) is 32.1 Å². The molecule has 0 saturated carbocycles. The molecule has 23 heavy (non-hydrogen) atoms. The van der Waals surface area contributed by atoms with Gasteiger partial charge in [-0.2, -0.15) is 0 Å². The van der Waals surface area contributed by atoms with Gasteiger partial charge in [0.2, 0.25) is 0 Å². The maximum Gasteiger partial charge on any atom is 0.317 e. The third kappa shape index (κ3) is 2.21. The number of amides is 3. The minimum Gasteiger partial charge on any atom is -0.365 e. The second-order valence-corrected chi connectivity index (χ2v) is 7.41. The van der Waals surface area contributed by atoms with Crippen LogP contribution in [-0.4, -0.2) is 11.9 Å². The van der Waals surface area contributed by atoms with Crippen LogP contribution >= 0.6 is 11.3 Å². The van der Waals surface area contributed by atoms with E-state index in [1.807, 2.05) is 18.2 Å². The Balaban J connectivity index is 2.36. The molecule has 1 atom stereocenters. The normalized spacial score (nSPS) is 18.0. The van der Waals surface area contributed by atoms with Crippen LogP contribution in [-0.2, 0) is 5.41 Å². The van der Waals surface area contributed by atoms with Crippen molar-refractivity contribution in [2.24, 2.45) is 11.5 Å². The summed E-state index contributed by atoms with van der Waals surface area (Å²) < 4.78 is 0. The molecule has 3 amide bonds. The van der Waals surface area contributed by atoms with Gasteiger partial charge in [-0.05, 0) is 28.0 Å². The number of carbonyl (C=O) groups excluding carboxylic acids is 2. The fraction of sp³-hybridized carbons (Fsp3) is 0.294. The molecule has 5 nitrogen and oxygen atoms in total. The number of nitrogens with one attached hydrogen (secondary N) is 1. The van der Waals surface area contributed by atoms with E-state index in [1.54, 1.807) is 0 Å². The lowest BCUT2D eigenvalue weighted by Crippen LogP contribution is -2.31. The predicted molar refractivity (Wildman–Crippen MR) is 92.9 cm³/mol. The standard InChI is InChI=1S/C17H19N3O2S/c1-8-11-12(14(18)21)15(20-16(19)22)23-13(11)9-6-4-5-7-10(9)17(8,2)3/h4-8H,1-3H3,(H2,18,21)(H3,19,20,22). The molecule has 120 valence electrons. The molecule has 0 bridgehead atoms. The number of rotatable bonds is 2. The highest BCUT2D eigenvalue weighted by Crippen LogP contribution is 2.55. The number of hydrogen-bond acceptors (Lipinski definition) is 3. The number of urea groups is 1. The molecule has 1 unspecified atom stereocenters. The zero-order chi connectivity index (χ0) is 16.9. The van der Waals surface area contributed by atoms with Crippen LogP contribution in [0.1, 0.15) is 48.2 Å². The number of thiophene rings is 1. The van der Waals surface area contributed by atoms with E-state index in [4.69, 9.17) is 11.5 Å². The number of anilines is 1. The summed E-state index contributed by atoms with van der Waals surface area (Å²) in [7, 11) is 0. The number of benzene rings is 1. The van der Waals surface area contributed by atoms with Crippen molar-refractivity contribution in [1.29, 1.82) is 0 Å². The fourth-order valence-electron chi connectivity index (χ4n) is 3.34. The van der Waals surface area contributed by atoms with Crippen molar-refractivity contribution < 1.29 is 9.59 Å². The Morgan fingerprint density at radius 1 is 1.22 bits per heavy atom. The van der Waals surface area contributed by atoms with Crippen molar-refractivity contribution in [3.63, 3.8) is 0 Å². The molecule has 0 aliphatic heterocycles. The predicted octanol–water partition coefficient (Wildman–Crippen LogP) is 3.40. The van der Waals surface area contributed by atoms with Crippen LogP contribution in [0.5, 0.6) is 0 Å². The first-order valence-corrected chi connectivity index (χ1v) is 8.19. The minimum absolute atomic E-state index is 0.0783. The minimum atomic E-state index is -0.703. The van der Waals surface area contributed by atoms with Gasteiger partial charge in [0, 0.05) is 4.88 Å².